The van der Waals surface area contributed by atoms with Gasteiger partial charge in [0.2, 0.25) is 0 Å². The van der Waals surface area contributed by atoms with E-state index >= 15 is 0 Å². The molecule has 1 aliphatic heterocycles. The minimum atomic E-state index is -0.452. The van der Waals surface area contributed by atoms with Gasteiger partial charge >= 0.3 is 0 Å². The van der Waals surface area contributed by atoms with Crippen LogP contribution in [0.15, 0.2) is 48.0 Å². The molecule has 0 radical (unpaired) electrons. The molecule has 3 rings (SSSR count). The number of hydrogen-bond donors (Lipinski definition) is 1. The molecule has 5 heteroatoms. The normalized spacial score (nSPS) is 15.1. The number of allylic oxidation sites excluding steroid dienone is 1. The summed E-state index contributed by atoms with van der Waals surface area (Å²) in [6, 6.07) is 13.4. The fraction of sp³-hybridized carbons (Fsp3) is 0.308. The van der Waals surface area contributed by atoms with Gasteiger partial charge in [-0.1, -0.05) is 36.7 Å². The molecule has 0 fully saturated rings. The Hall–Kier alpha value is -3.03. The molecular formula is C26H28ClN3O. The van der Waals surface area contributed by atoms with Gasteiger partial charge in [-0.05, 0) is 81.2 Å². The van der Waals surface area contributed by atoms with E-state index in [-0.39, 0.29) is 11.1 Å². The van der Waals surface area contributed by atoms with Crippen molar-refractivity contribution in [3.05, 3.63) is 69.8 Å². The summed E-state index contributed by atoms with van der Waals surface area (Å²) in [6.45, 7) is 11.5. The van der Waals surface area contributed by atoms with Crippen LogP contribution in [0.3, 0.4) is 0 Å². The van der Waals surface area contributed by atoms with E-state index in [0.717, 1.165) is 29.7 Å². The Morgan fingerprint density at radius 3 is 2.68 bits per heavy atom. The van der Waals surface area contributed by atoms with Crippen molar-refractivity contribution in [2.45, 2.75) is 46.6 Å². The second-order valence-electron chi connectivity index (χ2n) is 8.45. The number of benzene rings is 2. The molecule has 0 aromatic heterocycles. The second-order valence-corrected chi connectivity index (χ2v) is 8.85. The average molecular weight is 434 g/mol. The molecule has 0 spiro atoms. The Morgan fingerprint density at radius 2 is 2.00 bits per heavy atom. The van der Waals surface area contributed by atoms with E-state index < -0.39 is 5.91 Å². The van der Waals surface area contributed by atoms with Crippen molar-refractivity contribution in [3.63, 3.8) is 0 Å². The van der Waals surface area contributed by atoms with Crippen LogP contribution in [0, 0.1) is 18.3 Å². The van der Waals surface area contributed by atoms with E-state index in [2.05, 4.69) is 50.1 Å². The van der Waals surface area contributed by atoms with E-state index in [1.807, 2.05) is 25.1 Å². The molecule has 4 nitrogen and oxygen atoms in total. The number of fused-ring (bicyclic) bond motifs is 1. The molecule has 31 heavy (non-hydrogen) atoms. The number of nitriles is 1. The molecule has 1 N–H and O–H groups in total. The predicted octanol–water partition coefficient (Wildman–Crippen LogP) is 6.61. The monoisotopic (exact) mass is 433 g/mol. The van der Waals surface area contributed by atoms with E-state index in [1.54, 1.807) is 24.3 Å². The van der Waals surface area contributed by atoms with Gasteiger partial charge in [0.25, 0.3) is 5.91 Å². The first kappa shape index (κ1) is 22.7. The fourth-order valence-corrected chi connectivity index (χ4v) is 4.25. The average Bonchev–Trinajstić information content (AvgIpc) is 2.72. The van der Waals surface area contributed by atoms with Crippen LogP contribution < -0.4 is 10.2 Å². The fourth-order valence-electron chi connectivity index (χ4n) is 4.07. The SMILES string of the molecule is CCCN1c2ccc(/C=C(\C#N)C(=O)Nc3cccc(Cl)c3C)cc2C(C)=CC1(C)C. The first-order chi connectivity index (χ1) is 14.7. The summed E-state index contributed by atoms with van der Waals surface area (Å²) >= 11 is 6.14. The van der Waals surface area contributed by atoms with Gasteiger partial charge in [0.1, 0.15) is 11.6 Å². The molecule has 0 bridgehead atoms. The molecule has 2 aromatic rings. The highest BCUT2D eigenvalue weighted by Crippen LogP contribution is 2.39. The zero-order valence-corrected chi connectivity index (χ0v) is 19.5. The Bertz CT molecular complexity index is 1120. The van der Waals surface area contributed by atoms with Crippen LogP contribution in [0.25, 0.3) is 11.6 Å². The summed E-state index contributed by atoms with van der Waals surface area (Å²) in [4.78, 5) is 15.1. The zero-order valence-electron chi connectivity index (χ0n) is 18.7. The molecule has 0 aliphatic carbocycles. The highest BCUT2D eigenvalue weighted by Gasteiger charge is 2.30. The molecular weight excluding hydrogens is 406 g/mol. The summed E-state index contributed by atoms with van der Waals surface area (Å²) in [6.07, 6.45) is 4.96. The number of halogens is 1. The smallest absolute Gasteiger partial charge is 0.266 e. The topological polar surface area (TPSA) is 56.1 Å². The molecule has 0 unspecified atom stereocenters. The van der Waals surface area contributed by atoms with Crippen LogP contribution in [0.5, 0.6) is 0 Å². The van der Waals surface area contributed by atoms with Crippen molar-refractivity contribution in [1.82, 2.24) is 0 Å². The Morgan fingerprint density at radius 1 is 1.26 bits per heavy atom. The van der Waals surface area contributed by atoms with Crippen molar-refractivity contribution in [1.29, 1.82) is 5.26 Å². The first-order valence-electron chi connectivity index (χ1n) is 10.5. The maximum atomic E-state index is 12.7. The van der Waals surface area contributed by atoms with Crippen molar-refractivity contribution < 1.29 is 4.79 Å². The maximum absolute atomic E-state index is 12.7. The van der Waals surface area contributed by atoms with Crippen molar-refractivity contribution >= 4 is 40.5 Å². The third kappa shape index (κ3) is 4.68. The number of amides is 1. The Balaban J connectivity index is 1.94. The van der Waals surface area contributed by atoms with Crippen molar-refractivity contribution in [3.8, 4) is 6.07 Å². The Kier molecular flexibility index (Phi) is 6.57. The van der Waals surface area contributed by atoms with Gasteiger partial charge in [-0.15, -0.1) is 0 Å². The molecule has 1 amide bonds. The van der Waals surface area contributed by atoms with Crippen LogP contribution >= 0.6 is 11.6 Å². The lowest BCUT2D eigenvalue weighted by Crippen LogP contribution is -2.45. The lowest BCUT2D eigenvalue weighted by molar-refractivity contribution is -0.112. The summed E-state index contributed by atoms with van der Waals surface area (Å²) in [7, 11) is 0. The van der Waals surface area contributed by atoms with Gasteiger partial charge in [0.05, 0.1) is 5.54 Å². The van der Waals surface area contributed by atoms with E-state index in [1.165, 1.54) is 11.3 Å². The number of rotatable bonds is 5. The van der Waals surface area contributed by atoms with Crippen LogP contribution in [0.1, 0.15) is 50.8 Å². The van der Waals surface area contributed by atoms with Gasteiger partial charge < -0.3 is 10.2 Å². The van der Waals surface area contributed by atoms with Crippen LogP contribution in [-0.2, 0) is 4.79 Å². The summed E-state index contributed by atoms with van der Waals surface area (Å²) in [5.74, 6) is -0.452. The molecule has 1 aliphatic rings. The number of carbonyl (C=O) groups is 1. The van der Waals surface area contributed by atoms with Crippen molar-refractivity contribution in [2.75, 3.05) is 16.8 Å². The first-order valence-corrected chi connectivity index (χ1v) is 10.9. The van der Waals surface area contributed by atoms with Gasteiger partial charge in [0, 0.05) is 28.5 Å². The minimum Gasteiger partial charge on any atom is -0.362 e. The predicted molar refractivity (Wildman–Crippen MR) is 130 cm³/mol. The van der Waals surface area contributed by atoms with Crippen LogP contribution in [-0.4, -0.2) is 18.0 Å². The maximum Gasteiger partial charge on any atom is 0.266 e. The molecule has 0 atom stereocenters. The third-order valence-corrected chi connectivity index (χ3v) is 6.05. The van der Waals surface area contributed by atoms with E-state index in [0.29, 0.717) is 10.7 Å². The van der Waals surface area contributed by atoms with Gasteiger partial charge in [-0.2, -0.15) is 5.26 Å². The lowest BCUT2D eigenvalue weighted by atomic mass is 9.87. The van der Waals surface area contributed by atoms with Gasteiger partial charge in [-0.3, -0.25) is 4.79 Å². The summed E-state index contributed by atoms with van der Waals surface area (Å²) in [5.41, 5.74) is 5.67. The van der Waals surface area contributed by atoms with Gasteiger partial charge in [0.15, 0.2) is 0 Å². The molecule has 2 aromatic carbocycles. The summed E-state index contributed by atoms with van der Waals surface area (Å²) in [5, 5.41) is 13.0. The number of anilines is 2. The highest BCUT2D eigenvalue weighted by molar-refractivity contribution is 6.31. The van der Waals surface area contributed by atoms with E-state index in [9.17, 15) is 10.1 Å². The standard InChI is InChI=1S/C26H28ClN3O/c1-6-12-30-24-11-10-19(14-21(24)17(2)15-26(30,4)5)13-20(16-28)25(31)29-23-9-7-8-22(27)18(23)3/h7-11,13-15H,6,12H2,1-5H3,(H,29,31)/b20-13+. The molecule has 160 valence electrons. The second kappa shape index (κ2) is 8.99. The molecule has 0 saturated carbocycles. The summed E-state index contributed by atoms with van der Waals surface area (Å²) < 4.78 is 0. The highest BCUT2D eigenvalue weighted by atomic mass is 35.5. The van der Waals surface area contributed by atoms with Crippen LogP contribution in [0.4, 0.5) is 11.4 Å². The quantitative estimate of drug-likeness (QED) is 0.426. The molecule has 0 saturated heterocycles. The third-order valence-electron chi connectivity index (χ3n) is 5.64. The van der Waals surface area contributed by atoms with Crippen LogP contribution in [0.2, 0.25) is 5.02 Å². The lowest BCUT2D eigenvalue weighted by Gasteiger charge is -2.43. The number of carbonyl (C=O) groups excluding carboxylic acids is 1. The zero-order chi connectivity index (χ0) is 22.8. The minimum absolute atomic E-state index is 0.0440. The Labute approximate surface area is 189 Å². The van der Waals surface area contributed by atoms with Gasteiger partial charge in [-0.25, -0.2) is 0 Å². The van der Waals surface area contributed by atoms with Crippen molar-refractivity contribution in [2.24, 2.45) is 0 Å². The largest absolute Gasteiger partial charge is 0.362 e. The van der Waals surface area contributed by atoms with E-state index in [4.69, 9.17) is 11.6 Å². The number of nitrogens with zero attached hydrogens (tertiary/aromatic N) is 2. The number of hydrogen-bond acceptors (Lipinski definition) is 3. The number of nitrogens with one attached hydrogen (secondary N) is 1. The molecule has 1 heterocycles.